The number of ether oxygens (including phenoxy) is 3. The molecule has 0 aromatic carbocycles. The van der Waals surface area contributed by atoms with Crippen LogP contribution >= 0.6 is 0 Å². The molecule has 30 heavy (non-hydrogen) atoms. The Morgan fingerprint density at radius 3 is 2.70 bits per heavy atom. The van der Waals surface area contributed by atoms with Gasteiger partial charge in [-0.05, 0) is 43.1 Å². The van der Waals surface area contributed by atoms with Crippen LogP contribution in [0.4, 0.5) is 0 Å². The molecule has 0 saturated carbocycles. The van der Waals surface area contributed by atoms with E-state index in [0.29, 0.717) is 30.3 Å². The van der Waals surface area contributed by atoms with Crippen molar-refractivity contribution in [3.8, 4) is 0 Å². The average molecular weight is 418 g/mol. The summed E-state index contributed by atoms with van der Waals surface area (Å²) in [6.45, 7) is 6.25. The summed E-state index contributed by atoms with van der Waals surface area (Å²) in [4.78, 5) is 46.3. The zero-order chi connectivity index (χ0) is 22.3. The van der Waals surface area contributed by atoms with Crippen molar-refractivity contribution in [2.45, 2.75) is 45.3 Å². The maximum Gasteiger partial charge on any atom is 0.334 e. The first-order valence-corrected chi connectivity index (χ1v) is 9.61. The fraction of sp³-hybridized carbons (Fsp3) is 0.455. The Labute approximate surface area is 174 Å². The fourth-order valence-electron chi connectivity index (χ4n) is 3.45. The summed E-state index contributed by atoms with van der Waals surface area (Å²) in [5, 5.41) is 9.69. The minimum Gasteiger partial charge on any atom is -0.461 e. The minimum atomic E-state index is -0.743. The van der Waals surface area contributed by atoms with Gasteiger partial charge in [0.1, 0.15) is 25.1 Å². The molecule has 2 aliphatic rings. The number of carbonyl (C=O) groups is 4. The van der Waals surface area contributed by atoms with Gasteiger partial charge in [-0.3, -0.25) is 9.59 Å². The Morgan fingerprint density at radius 1 is 1.33 bits per heavy atom. The predicted molar refractivity (Wildman–Crippen MR) is 106 cm³/mol. The summed E-state index contributed by atoms with van der Waals surface area (Å²) in [5.74, 6) is -2.37. The van der Waals surface area contributed by atoms with Crippen molar-refractivity contribution in [2.75, 3.05) is 13.2 Å². The Bertz CT molecular complexity index is 817. The van der Waals surface area contributed by atoms with Gasteiger partial charge in [-0.1, -0.05) is 12.7 Å². The summed E-state index contributed by atoms with van der Waals surface area (Å²) in [7, 11) is 0. The second-order valence-corrected chi connectivity index (χ2v) is 7.22. The third-order valence-electron chi connectivity index (χ3n) is 4.97. The van der Waals surface area contributed by atoms with E-state index in [9.17, 15) is 24.3 Å². The van der Waals surface area contributed by atoms with E-state index < -0.39 is 36.0 Å². The van der Waals surface area contributed by atoms with Crippen molar-refractivity contribution < 1.29 is 38.5 Å². The molecule has 0 aromatic heterocycles. The highest BCUT2D eigenvalue weighted by Crippen LogP contribution is 2.36. The molecule has 0 spiro atoms. The predicted octanol–water partition coefficient (Wildman–Crippen LogP) is 1.73. The molecule has 0 bridgehead atoms. The molecule has 1 aliphatic heterocycles. The molecule has 3 atom stereocenters. The molecule has 1 aliphatic carbocycles. The van der Waals surface area contributed by atoms with Gasteiger partial charge in [0.05, 0.1) is 12.5 Å². The zero-order valence-corrected chi connectivity index (χ0v) is 17.1. The SMILES string of the molecule is C=C1C(=O)O[C@@H]2/C=C(/COC(=O)/C(C)=C\C=O)CC/C=C(\CO)C[C@@H](OC(C)=O)[C@@H]12. The highest BCUT2D eigenvalue weighted by Gasteiger charge is 2.44. The van der Waals surface area contributed by atoms with E-state index in [2.05, 4.69) is 6.58 Å². The standard InChI is InChI=1S/C22H26O8/c1-13(7-8-23)21(26)28-12-17-6-4-5-16(11-24)9-18(29-15(3)25)20-14(2)22(27)30-19(20)10-17/h5,7-8,10,18-20,24H,2,4,6,9,11-12H2,1,3H3/b13-7-,16-5-,17-10+/t18-,19-,20-/m1/s1. The van der Waals surface area contributed by atoms with E-state index in [0.717, 1.165) is 6.08 Å². The highest BCUT2D eigenvalue weighted by atomic mass is 16.6. The van der Waals surface area contributed by atoms with Crippen LogP contribution in [0.3, 0.4) is 0 Å². The average Bonchev–Trinajstić information content (AvgIpc) is 2.97. The van der Waals surface area contributed by atoms with Gasteiger partial charge < -0.3 is 19.3 Å². The van der Waals surface area contributed by atoms with Gasteiger partial charge in [0.2, 0.25) is 0 Å². The molecular formula is C22H26O8. The first kappa shape index (κ1) is 23.3. The van der Waals surface area contributed by atoms with E-state index in [1.807, 2.05) is 6.08 Å². The van der Waals surface area contributed by atoms with Crippen LogP contribution in [0.25, 0.3) is 0 Å². The highest BCUT2D eigenvalue weighted by molar-refractivity contribution is 5.92. The van der Waals surface area contributed by atoms with Gasteiger partial charge in [-0.15, -0.1) is 0 Å². The van der Waals surface area contributed by atoms with Crippen molar-refractivity contribution >= 4 is 24.2 Å². The number of fused-ring (bicyclic) bond motifs is 1. The zero-order valence-electron chi connectivity index (χ0n) is 17.1. The Balaban J connectivity index is 2.33. The number of hydrogen-bond acceptors (Lipinski definition) is 8. The van der Waals surface area contributed by atoms with Crippen LogP contribution in [0.15, 0.2) is 47.1 Å². The van der Waals surface area contributed by atoms with Gasteiger partial charge in [-0.2, -0.15) is 0 Å². The summed E-state index contributed by atoms with van der Waals surface area (Å²) in [6, 6.07) is 0. The summed E-state index contributed by atoms with van der Waals surface area (Å²) >= 11 is 0. The van der Waals surface area contributed by atoms with E-state index in [1.54, 1.807) is 6.08 Å². The summed E-state index contributed by atoms with van der Waals surface area (Å²) in [5.41, 5.74) is 1.70. The molecule has 162 valence electrons. The number of hydrogen-bond donors (Lipinski definition) is 1. The normalized spacial score (nSPS) is 28.2. The maximum absolute atomic E-state index is 12.2. The fourth-order valence-corrected chi connectivity index (χ4v) is 3.45. The quantitative estimate of drug-likeness (QED) is 0.228. The van der Waals surface area contributed by atoms with Gasteiger partial charge >= 0.3 is 17.9 Å². The van der Waals surface area contributed by atoms with Gasteiger partial charge in [0.25, 0.3) is 0 Å². The lowest BCUT2D eigenvalue weighted by Gasteiger charge is -2.27. The molecule has 1 N–H and O–H groups in total. The summed E-state index contributed by atoms with van der Waals surface area (Å²) in [6.07, 6.45) is 4.97. The van der Waals surface area contributed by atoms with Crippen LogP contribution in [0.2, 0.25) is 0 Å². The van der Waals surface area contributed by atoms with Gasteiger partial charge in [0, 0.05) is 24.5 Å². The number of aliphatic hydroxyl groups is 1. The van der Waals surface area contributed by atoms with Crippen LogP contribution in [-0.4, -0.2) is 54.7 Å². The van der Waals surface area contributed by atoms with E-state index in [1.165, 1.54) is 13.8 Å². The minimum absolute atomic E-state index is 0.0589. The smallest absolute Gasteiger partial charge is 0.334 e. The molecule has 2 rings (SSSR count). The lowest BCUT2D eigenvalue weighted by atomic mass is 9.85. The third-order valence-corrected chi connectivity index (χ3v) is 4.97. The van der Waals surface area contributed by atoms with Crippen molar-refractivity contribution in [1.29, 1.82) is 0 Å². The number of aliphatic hydroxyl groups excluding tert-OH is 1. The molecule has 0 unspecified atom stereocenters. The van der Waals surface area contributed by atoms with Crippen LogP contribution in [0.1, 0.15) is 33.1 Å². The molecule has 8 heteroatoms. The number of carbonyl (C=O) groups excluding carboxylic acids is 4. The Hall–Kier alpha value is -3.00. The van der Waals surface area contributed by atoms with Crippen LogP contribution < -0.4 is 0 Å². The van der Waals surface area contributed by atoms with E-state index >= 15 is 0 Å². The van der Waals surface area contributed by atoms with Crippen LogP contribution in [0, 0.1) is 5.92 Å². The molecule has 1 fully saturated rings. The van der Waals surface area contributed by atoms with Crippen molar-refractivity contribution in [1.82, 2.24) is 0 Å². The number of aldehydes is 1. The van der Waals surface area contributed by atoms with E-state index in [-0.39, 0.29) is 30.8 Å². The molecule has 8 nitrogen and oxygen atoms in total. The van der Waals surface area contributed by atoms with Crippen molar-refractivity contribution in [2.24, 2.45) is 5.92 Å². The van der Waals surface area contributed by atoms with Gasteiger partial charge in [-0.25, -0.2) is 9.59 Å². The maximum atomic E-state index is 12.2. The number of esters is 3. The van der Waals surface area contributed by atoms with Gasteiger partial charge in [0.15, 0.2) is 0 Å². The Morgan fingerprint density at radius 2 is 2.07 bits per heavy atom. The topological polar surface area (TPSA) is 116 Å². The van der Waals surface area contributed by atoms with Crippen LogP contribution in [-0.2, 0) is 33.4 Å². The van der Waals surface area contributed by atoms with Crippen LogP contribution in [0.5, 0.6) is 0 Å². The van der Waals surface area contributed by atoms with E-state index in [4.69, 9.17) is 14.2 Å². The third kappa shape index (κ3) is 6.00. The van der Waals surface area contributed by atoms with Crippen molar-refractivity contribution in [3.05, 3.63) is 47.1 Å². The largest absolute Gasteiger partial charge is 0.461 e. The molecule has 0 amide bonds. The molecule has 1 saturated heterocycles. The van der Waals surface area contributed by atoms with Crippen molar-refractivity contribution in [3.63, 3.8) is 0 Å². The number of allylic oxidation sites excluding steroid dienone is 2. The molecule has 0 aromatic rings. The Kier molecular flexibility index (Phi) is 8.29. The lowest BCUT2D eigenvalue weighted by molar-refractivity contribution is -0.149. The first-order chi connectivity index (χ1) is 14.3. The molecule has 0 radical (unpaired) electrons. The summed E-state index contributed by atoms with van der Waals surface area (Å²) < 4.78 is 16.1. The second-order valence-electron chi connectivity index (χ2n) is 7.22. The monoisotopic (exact) mass is 418 g/mol. The number of rotatable bonds is 6. The lowest BCUT2D eigenvalue weighted by Crippen LogP contribution is -2.33. The molecule has 1 heterocycles. The second kappa shape index (κ2) is 10.7. The molecular weight excluding hydrogens is 392 g/mol. The first-order valence-electron chi connectivity index (χ1n) is 9.61.